The van der Waals surface area contributed by atoms with Crippen LogP contribution in [0.3, 0.4) is 0 Å². The van der Waals surface area contributed by atoms with Gasteiger partial charge in [-0.1, -0.05) is 15.9 Å². The molecule has 0 aliphatic carbocycles. The maximum Gasteiger partial charge on any atom is 0.0906 e. The molecular weight excluding hydrogens is 178 g/mol. The van der Waals surface area contributed by atoms with E-state index in [-0.39, 0.29) is 0 Å². The number of alkyl halides is 1. The van der Waals surface area contributed by atoms with Crippen molar-refractivity contribution in [2.24, 2.45) is 0 Å². The van der Waals surface area contributed by atoms with Gasteiger partial charge in [0.25, 0.3) is 0 Å². The van der Waals surface area contributed by atoms with Crippen molar-refractivity contribution in [3.05, 3.63) is 0 Å². The maximum atomic E-state index is 3.54. The number of nitrogens with zero attached hydrogens (tertiary/aromatic N) is 1. The summed E-state index contributed by atoms with van der Waals surface area (Å²) >= 11 is 3.54. The molecule has 1 atom stereocenters. The van der Waals surface area contributed by atoms with Crippen LogP contribution in [0.1, 0.15) is 13.8 Å². The predicted octanol–water partition coefficient (Wildman–Crippen LogP) is 1.87. The molecule has 0 aromatic carbocycles. The van der Waals surface area contributed by atoms with Crippen molar-refractivity contribution in [3.63, 3.8) is 0 Å². The van der Waals surface area contributed by atoms with E-state index in [1.807, 2.05) is 0 Å². The fourth-order valence-electron chi connectivity index (χ4n) is 0.810. The zero-order chi connectivity index (χ0) is 7.49. The first kappa shape index (κ1) is 9.44. The molecule has 1 unspecified atom stereocenters. The molecular formula is C7H17BrN+. The van der Waals surface area contributed by atoms with E-state index < -0.39 is 0 Å². The molecule has 0 heterocycles. The molecule has 0 aromatic heterocycles. The van der Waals surface area contributed by atoms with Gasteiger partial charge in [0.2, 0.25) is 0 Å². The Morgan fingerprint density at radius 2 is 1.89 bits per heavy atom. The first-order chi connectivity index (χ1) is 3.98. The van der Waals surface area contributed by atoms with Crippen LogP contribution in [0.25, 0.3) is 0 Å². The number of quaternary nitrogens is 1. The quantitative estimate of drug-likeness (QED) is 0.476. The summed E-state index contributed by atoms with van der Waals surface area (Å²) in [6.45, 7) is 6.82. The van der Waals surface area contributed by atoms with Crippen molar-refractivity contribution < 1.29 is 4.48 Å². The fourth-order valence-corrected chi connectivity index (χ4v) is 1.59. The minimum atomic E-state index is 0.632. The van der Waals surface area contributed by atoms with E-state index in [0.717, 1.165) is 4.48 Å². The average Bonchev–Trinajstić information content (AvgIpc) is 1.63. The molecule has 0 radical (unpaired) electrons. The van der Waals surface area contributed by atoms with E-state index in [2.05, 4.69) is 43.9 Å². The number of rotatable bonds is 3. The molecule has 0 aromatic rings. The van der Waals surface area contributed by atoms with Gasteiger partial charge in [0.05, 0.1) is 32.0 Å². The van der Waals surface area contributed by atoms with Crippen molar-refractivity contribution >= 4 is 15.9 Å². The van der Waals surface area contributed by atoms with Gasteiger partial charge >= 0.3 is 0 Å². The van der Waals surface area contributed by atoms with E-state index >= 15 is 0 Å². The van der Waals surface area contributed by atoms with Gasteiger partial charge < -0.3 is 4.48 Å². The second kappa shape index (κ2) is 3.57. The molecule has 56 valence electrons. The topological polar surface area (TPSA) is 0 Å². The van der Waals surface area contributed by atoms with Gasteiger partial charge in [-0.05, 0) is 13.8 Å². The number of hydrogen-bond donors (Lipinski definition) is 0. The Morgan fingerprint density at radius 3 is 2.00 bits per heavy atom. The van der Waals surface area contributed by atoms with Gasteiger partial charge in [-0.15, -0.1) is 0 Å². The summed E-state index contributed by atoms with van der Waals surface area (Å²) in [5.74, 6) is 0. The highest BCUT2D eigenvalue weighted by Crippen LogP contribution is 2.04. The molecule has 1 nitrogen and oxygen atoms in total. The SMILES string of the molecule is CC[N+](C)(C)CC(C)Br. The molecule has 0 saturated carbocycles. The van der Waals surface area contributed by atoms with Crippen LogP contribution in [-0.2, 0) is 0 Å². The summed E-state index contributed by atoms with van der Waals surface area (Å²) in [6, 6.07) is 0. The Morgan fingerprint density at radius 1 is 1.44 bits per heavy atom. The molecule has 0 amide bonds. The summed E-state index contributed by atoms with van der Waals surface area (Å²) in [4.78, 5) is 0.632. The van der Waals surface area contributed by atoms with E-state index in [9.17, 15) is 0 Å². The lowest BCUT2D eigenvalue weighted by Crippen LogP contribution is -2.42. The number of halogens is 1. The smallest absolute Gasteiger partial charge is 0.0906 e. The minimum Gasteiger partial charge on any atom is -0.328 e. The van der Waals surface area contributed by atoms with E-state index in [0.29, 0.717) is 4.83 Å². The lowest BCUT2D eigenvalue weighted by atomic mass is 10.4. The van der Waals surface area contributed by atoms with Gasteiger partial charge in [-0.2, -0.15) is 0 Å². The van der Waals surface area contributed by atoms with Gasteiger partial charge in [0, 0.05) is 0 Å². The Bertz CT molecular complexity index is 79.0. The van der Waals surface area contributed by atoms with E-state index in [1.165, 1.54) is 13.1 Å². The normalized spacial score (nSPS) is 15.7. The highest BCUT2D eigenvalue weighted by molar-refractivity contribution is 9.09. The molecule has 0 aliphatic rings. The number of hydrogen-bond acceptors (Lipinski definition) is 0. The summed E-state index contributed by atoms with van der Waals surface area (Å²) in [5.41, 5.74) is 0. The van der Waals surface area contributed by atoms with Crippen LogP contribution in [0, 0.1) is 0 Å². The van der Waals surface area contributed by atoms with Gasteiger partial charge in [-0.3, -0.25) is 0 Å². The standard InChI is InChI=1S/C7H17BrN/c1-5-9(3,4)6-7(2)8/h7H,5-6H2,1-4H3/q+1. The Kier molecular flexibility index (Phi) is 3.74. The Hall–Kier alpha value is 0.440. The summed E-state index contributed by atoms with van der Waals surface area (Å²) in [7, 11) is 4.50. The molecule has 0 rings (SSSR count). The molecule has 0 bridgehead atoms. The molecule has 0 aliphatic heterocycles. The lowest BCUT2D eigenvalue weighted by Gasteiger charge is -2.29. The summed E-state index contributed by atoms with van der Waals surface area (Å²) < 4.78 is 1.10. The van der Waals surface area contributed by atoms with Crippen molar-refractivity contribution in [2.75, 3.05) is 27.2 Å². The minimum absolute atomic E-state index is 0.632. The van der Waals surface area contributed by atoms with Crippen LogP contribution in [0.5, 0.6) is 0 Å². The van der Waals surface area contributed by atoms with Crippen LogP contribution in [0.4, 0.5) is 0 Å². The van der Waals surface area contributed by atoms with Gasteiger partial charge in [0.1, 0.15) is 0 Å². The van der Waals surface area contributed by atoms with Gasteiger partial charge in [0.15, 0.2) is 0 Å². The van der Waals surface area contributed by atoms with Crippen LogP contribution >= 0.6 is 15.9 Å². The first-order valence-electron chi connectivity index (χ1n) is 3.44. The second-order valence-corrected chi connectivity index (χ2v) is 4.78. The van der Waals surface area contributed by atoms with Crippen molar-refractivity contribution in [3.8, 4) is 0 Å². The fraction of sp³-hybridized carbons (Fsp3) is 1.00. The van der Waals surface area contributed by atoms with E-state index in [1.54, 1.807) is 0 Å². The highest BCUT2D eigenvalue weighted by atomic mass is 79.9. The third kappa shape index (κ3) is 4.91. The molecule has 0 fully saturated rings. The van der Waals surface area contributed by atoms with E-state index in [4.69, 9.17) is 0 Å². The first-order valence-corrected chi connectivity index (χ1v) is 4.35. The van der Waals surface area contributed by atoms with Crippen molar-refractivity contribution in [2.45, 2.75) is 18.7 Å². The van der Waals surface area contributed by atoms with Crippen LogP contribution in [0.15, 0.2) is 0 Å². The molecule has 0 saturated heterocycles. The van der Waals surface area contributed by atoms with Crippen molar-refractivity contribution in [1.82, 2.24) is 0 Å². The molecule has 0 N–H and O–H groups in total. The molecule has 2 heteroatoms. The van der Waals surface area contributed by atoms with Crippen LogP contribution in [0.2, 0.25) is 0 Å². The zero-order valence-corrected chi connectivity index (χ0v) is 8.40. The lowest BCUT2D eigenvalue weighted by molar-refractivity contribution is -0.887. The average molecular weight is 195 g/mol. The summed E-state index contributed by atoms with van der Waals surface area (Å²) in [5, 5.41) is 0. The largest absolute Gasteiger partial charge is 0.328 e. The maximum absolute atomic E-state index is 3.54. The van der Waals surface area contributed by atoms with Crippen molar-refractivity contribution in [1.29, 1.82) is 0 Å². The molecule has 0 spiro atoms. The van der Waals surface area contributed by atoms with Crippen LogP contribution < -0.4 is 0 Å². The Labute approximate surface area is 66.8 Å². The monoisotopic (exact) mass is 194 g/mol. The predicted molar refractivity (Wildman–Crippen MR) is 45.9 cm³/mol. The zero-order valence-electron chi connectivity index (χ0n) is 6.82. The highest BCUT2D eigenvalue weighted by Gasteiger charge is 2.13. The van der Waals surface area contributed by atoms with Gasteiger partial charge in [-0.25, -0.2) is 0 Å². The third-order valence-corrected chi connectivity index (χ3v) is 1.89. The Balaban J connectivity index is 3.58. The third-order valence-electron chi connectivity index (χ3n) is 1.60. The summed E-state index contributed by atoms with van der Waals surface area (Å²) in [6.07, 6.45) is 0. The second-order valence-electron chi connectivity index (χ2n) is 3.22. The molecule has 9 heavy (non-hydrogen) atoms. The van der Waals surface area contributed by atoms with Crippen LogP contribution in [-0.4, -0.2) is 36.5 Å².